The van der Waals surface area contributed by atoms with E-state index in [1.165, 1.54) is 13.7 Å². The van der Waals surface area contributed by atoms with Gasteiger partial charge >= 0.3 is 17.1 Å². The van der Waals surface area contributed by atoms with Crippen LogP contribution in [0.25, 0.3) is 0 Å². The maximum Gasteiger partial charge on any atom is 0.336 e. The minimum absolute atomic E-state index is 0.0220. The number of unbranched alkanes of at least 4 members (excludes halogenated alkanes) is 12. The number of ether oxygens (including phenoxy) is 3. The largest absolute Gasteiger partial charge is 0.488 e. The first-order valence-electron chi connectivity index (χ1n) is 29.5. The van der Waals surface area contributed by atoms with Crippen LogP contribution in [-0.2, 0) is 34.0 Å². The topological polar surface area (TPSA) is 267 Å². The zero-order valence-electron chi connectivity index (χ0n) is 47.6. The highest BCUT2D eigenvalue weighted by Gasteiger charge is 2.34. The van der Waals surface area contributed by atoms with Gasteiger partial charge < -0.3 is 43.6 Å². The molecule has 24 nitrogen and oxygen atoms in total. The van der Waals surface area contributed by atoms with Crippen molar-refractivity contribution in [1.82, 2.24) is 28.4 Å². The Morgan fingerprint density at radius 1 is 0.309 bits per heavy atom. The summed E-state index contributed by atoms with van der Waals surface area (Å²) >= 11 is 0. The van der Waals surface area contributed by atoms with E-state index in [0.717, 1.165) is 38.5 Å². The molecule has 1 aromatic heterocycles. The minimum Gasteiger partial charge on any atom is -0.488 e. The van der Waals surface area contributed by atoms with Crippen molar-refractivity contribution in [1.29, 1.82) is 0 Å². The zero-order chi connectivity index (χ0) is 58.2. The quantitative estimate of drug-likeness (QED) is 0.0479. The smallest absolute Gasteiger partial charge is 0.336 e. The van der Waals surface area contributed by atoms with Crippen LogP contribution in [-0.4, -0.2) is 144 Å². The van der Waals surface area contributed by atoms with E-state index in [-0.39, 0.29) is 74.4 Å². The summed E-state index contributed by atoms with van der Waals surface area (Å²) in [7, 11) is 0. The first-order chi connectivity index (χ1) is 39.1. The van der Waals surface area contributed by atoms with E-state index in [2.05, 4.69) is 0 Å². The first-order valence-corrected chi connectivity index (χ1v) is 29.5. The van der Waals surface area contributed by atoms with E-state index in [4.69, 9.17) is 14.2 Å². The molecule has 81 heavy (non-hydrogen) atoms. The SMILES string of the molecule is CCOc1c(N2CCN(C(=O)CCCCCCCn3c(=O)n(CCCCCCCC(=O)N4CCN(c5c(OCC)c(=O)c5=O)CC4)c(=O)n(CCCCCCCC(=O)N4CCN(c5c(OCC)c(=O)c5=O)CC4)c3=O)CC2)c(=O)c1=O. The monoisotopic (exact) mass is 1130 g/mol. The predicted molar refractivity (Wildman–Crippen MR) is 306 cm³/mol. The van der Waals surface area contributed by atoms with Gasteiger partial charge in [-0.1, -0.05) is 57.8 Å². The van der Waals surface area contributed by atoms with Crippen molar-refractivity contribution < 1.29 is 28.6 Å². The Balaban J connectivity index is 0.839. The van der Waals surface area contributed by atoms with Crippen LogP contribution in [0.5, 0.6) is 17.2 Å². The molecule has 3 amide bonds. The molecular formula is C57H81N9O15. The van der Waals surface area contributed by atoms with Crippen LogP contribution in [0.1, 0.15) is 136 Å². The lowest BCUT2D eigenvalue weighted by molar-refractivity contribution is -0.132. The Kier molecular flexibility index (Phi) is 22.4. The summed E-state index contributed by atoms with van der Waals surface area (Å²) in [6.45, 7) is 11.7. The van der Waals surface area contributed by atoms with Crippen molar-refractivity contribution >= 4 is 34.8 Å². The van der Waals surface area contributed by atoms with E-state index >= 15 is 0 Å². The molecule has 3 aliphatic heterocycles. The first kappa shape index (κ1) is 61.5. The molecule has 0 spiro atoms. The summed E-state index contributed by atoms with van der Waals surface area (Å²) in [5, 5.41) is 0. The van der Waals surface area contributed by atoms with Crippen molar-refractivity contribution in [3.8, 4) is 17.2 Å². The van der Waals surface area contributed by atoms with Gasteiger partial charge in [0.15, 0.2) is 17.2 Å². The minimum atomic E-state index is -0.639. The highest BCUT2D eigenvalue weighted by atomic mass is 16.5. The number of hydrogen-bond donors (Lipinski definition) is 0. The van der Waals surface area contributed by atoms with E-state index in [0.29, 0.717) is 173 Å². The van der Waals surface area contributed by atoms with Crippen molar-refractivity contribution in [2.45, 2.75) is 156 Å². The second-order valence-electron chi connectivity index (χ2n) is 21.3. The van der Waals surface area contributed by atoms with Crippen LogP contribution in [0.4, 0.5) is 17.1 Å². The molecule has 3 aliphatic rings. The second kappa shape index (κ2) is 29.5. The third-order valence-electron chi connectivity index (χ3n) is 15.9. The fourth-order valence-electron chi connectivity index (χ4n) is 11.3. The van der Waals surface area contributed by atoms with Crippen LogP contribution >= 0.6 is 0 Å². The van der Waals surface area contributed by atoms with Gasteiger partial charge in [0, 0.05) is 117 Å². The van der Waals surface area contributed by atoms with Crippen LogP contribution in [0.3, 0.4) is 0 Å². The summed E-state index contributed by atoms with van der Waals surface area (Å²) < 4.78 is 19.6. The van der Waals surface area contributed by atoms with Gasteiger partial charge in [0.2, 0.25) is 17.7 Å². The second-order valence-corrected chi connectivity index (χ2v) is 21.3. The van der Waals surface area contributed by atoms with E-state index in [1.807, 2.05) is 14.7 Å². The van der Waals surface area contributed by atoms with Crippen LogP contribution in [0.15, 0.2) is 43.2 Å². The standard InChI is InChI=1S/C57H81N9O15/c1-4-79-52-43(46(70)49(52)73)61-34-28-58(29-35-61)40(67)22-16-10-7-13-19-25-64-55(76)65(26-20-14-8-11-17-23-41(68)59-30-36-62(37-31-59)44-47(71)50(74)53(44)80-5-2)57(78)66(56(64)77)27-21-15-9-12-18-24-42(69)60-32-38-63(39-33-60)45-48(72)51(75)54(45)81-6-3/h4-39H2,1-3H3. The van der Waals surface area contributed by atoms with Crippen molar-refractivity contribution in [2.24, 2.45) is 0 Å². The summed E-state index contributed by atoms with van der Waals surface area (Å²) in [6.07, 6.45) is 11.4. The highest BCUT2D eigenvalue weighted by Crippen LogP contribution is 2.27. The van der Waals surface area contributed by atoms with Crippen LogP contribution < -0.4 is 78.6 Å². The molecule has 0 saturated carbocycles. The predicted octanol–water partition coefficient (Wildman–Crippen LogP) is 1.22. The Morgan fingerprint density at radius 3 is 0.765 bits per heavy atom. The molecule has 444 valence electrons. The number of amides is 3. The normalized spacial score (nSPS) is 15.1. The molecule has 0 aliphatic carbocycles. The molecule has 4 heterocycles. The summed E-state index contributed by atoms with van der Waals surface area (Å²) in [6, 6.07) is 0. The molecule has 24 heteroatoms. The average molecular weight is 1130 g/mol. The molecule has 3 fully saturated rings. The molecule has 0 unspecified atom stereocenters. The van der Waals surface area contributed by atoms with E-state index < -0.39 is 49.6 Å². The van der Waals surface area contributed by atoms with Gasteiger partial charge in [0.25, 0.3) is 32.6 Å². The van der Waals surface area contributed by atoms with Crippen molar-refractivity contribution in [3.05, 3.63) is 92.8 Å². The molecule has 0 bridgehead atoms. The van der Waals surface area contributed by atoms with Crippen LogP contribution in [0, 0.1) is 0 Å². The molecular weight excluding hydrogens is 1050 g/mol. The zero-order valence-corrected chi connectivity index (χ0v) is 47.6. The molecule has 0 N–H and O–H groups in total. The fraction of sp³-hybridized carbons (Fsp3) is 0.684. The van der Waals surface area contributed by atoms with Crippen molar-refractivity contribution in [3.63, 3.8) is 0 Å². The van der Waals surface area contributed by atoms with Gasteiger partial charge in [-0.15, -0.1) is 0 Å². The van der Waals surface area contributed by atoms with E-state index in [9.17, 15) is 57.5 Å². The van der Waals surface area contributed by atoms with E-state index in [1.54, 1.807) is 35.5 Å². The number of anilines is 3. The highest BCUT2D eigenvalue weighted by molar-refractivity contribution is 5.78. The molecule has 0 atom stereocenters. The lowest BCUT2D eigenvalue weighted by Gasteiger charge is -2.36. The average Bonchev–Trinajstić information content (AvgIpc) is 3.57. The van der Waals surface area contributed by atoms with Crippen molar-refractivity contribution in [2.75, 3.05) is 113 Å². The lowest BCUT2D eigenvalue weighted by Crippen LogP contribution is -2.54. The van der Waals surface area contributed by atoms with Gasteiger partial charge in [0.05, 0.1) is 19.8 Å². The fourth-order valence-corrected chi connectivity index (χ4v) is 11.3. The molecule has 3 aromatic carbocycles. The lowest BCUT2D eigenvalue weighted by atomic mass is 10.1. The molecule has 3 saturated heterocycles. The number of carbonyl (C=O) groups is 3. The van der Waals surface area contributed by atoms with Crippen LogP contribution in [0.2, 0.25) is 0 Å². The number of carbonyl (C=O) groups excluding carboxylic acids is 3. The summed E-state index contributed by atoms with van der Waals surface area (Å²) in [5.74, 6) is 0.382. The summed E-state index contributed by atoms with van der Waals surface area (Å²) in [4.78, 5) is 164. The Morgan fingerprint density at radius 2 is 0.531 bits per heavy atom. The molecule has 4 aromatic rings. The Labute approximate surface area is 469 Å². The number of rotatable bonds is 33. The number of hydrogen-bond acceptors (Lipinski definition) is 18. The van der Waals surface area contributed by atoms with Gasteiger partial charge in [-0.05, 0) is 59.3 Å². The molecule has 0 radical (unpaired) electrons. The number of nitrogens with zero attached hydrogens (tertiary/aromatic N) is 9. The number of piperazine rings is 3. The summed E-state index contributed by atoms with van der Waals surface area (Å²) in [5.41, 5.74) is -4.50. The van der Waals surface area contributed by atoms with Gasteiger partial charge in [-0.3, -0.25) is 43.2 Å². The Bertz CT molecular complexity index is 2830. The third-order valence-corrected chi connectivity index (χ3v) is 15.9. The van der Waals surface area contributed by atoms with Gasteiger partial charge in [0.1, 0.15) is 17.1 Å². The van der Waals surface area contributed by atoms with Gasteiger partial charge in [-0.2, -0.15) is 0 Å². The maximum atomic E-state index is 13.9. The molecule has 7 rings (SSSR count). The maximum absolute atomic E-state index is 13.9. The Hall–Kier alpha value is -7.14. The number of aromatic nitrogens is 3. The third kappa shape index (κ3) is 14.7. The van der Waals surface area contributed by atoms with Gasteiger partial charge in [-0.25, -0.2) is 28.1 Å².